The fourth-order valence-electron chi connectivity index (χ4n) is 1.20. The van der Waals surface area contributed by atoms with E-state index in [0.29, 0.717) is 5.58 Å². The SMILES string of the molecule is O=C(CO)c1cc2ccccc2o1. The molecule has 0 fully saturated rings. The average Bonchev–Trinajstić information content (AvgIpc) is 2.59. The van der Waals surface area contributed by atoms with Gasteiger partial charge in [0, 0.05) is 5.39 Å². The van der Waals surface area contributed by atoms with Crippen molar-refractivity contribution >= 4 is 16.8 Å². The van der Waals surface area contributed by atoms with Gasteiger partial charge in [0.05, 0.1) is 0 Å². The molecule has 0 aliphatic carbocycles. The Hall–Kier alpha value is -1.61. The Kier molecular flexibility index (Phi) is 1.87. The minimum atomic E-state index is -0.514. The number of carbonyl (C=O) groups is 1. The molecule has 0 amide bonds. The van der Waals surface area contributed by atoms with Crippen LogP contribution in [0.15, 0.2) is 34.7 Å². The Morgan fingerprint density at radius 2 is 2.15 bits per heavy atom. The molecule has 2 aromatic rings. The van der Waals surface area contributed by atoms with Gasteiger partial charge in [0.25, 0.3) is 0 Å². The average molecular weight is 176 g/mol. The Balaban J connectivity index is 2.56. The van der Waals surface area contributed by atoms with Crippen molar-refractivity contribution in [2.75, 3.05) is 6.61 Å². The summed E-state index contributed by atoms with van der Waals surface area (Å²) >= 11 is 0. The zero-order chi connectivity index (χ0) is 9.26. The molecular formula is C10H8O3. The maximum Gasteiger partial charge on any atom is 0.223 e. The standard InChI is InChI=1S/C10H8O3/c11-6-8(12)10-5-7-3-1-2-4-9(7)13-10/h1-5,11H,6H2. The molecule has 0 atom stereocenters. The number of aliphatic hydroxyl groups is 1. The highest BCUT2D eigenvalue weighted by atomic mass is 16.3. The van der Waals surface area contributed by atoms with E-state index in [1.807, 2.05) is 18.2 Å². The normalized spacial score (nSPS) is 10.5. The van der Waals surface area contributed by atoms with Crippen LogP contribution in [0.25, 0.3) is 11.0 Å². The van der Waals surface area contributed by atoms with Gasteiger partial charge >= 0.3 is 0 Å². The summed E-state index contributed by atoms with van der Waals surface area (Å²) in [6.07, 6.45) is 0. The van der Waals surface area contributed by atoms with Gasteiger partial charge in [-0.3, -0.25) is 4.79 Å². The first-order chi connectivity index (χ1) is 6.31. The smallest absolute Gasteiger partial charge is 0.223 e. The second-order valence-electron chi connectivity index (χ2n) is 2.73. The molecule has 0 radical (unpaired) electrons. The largest absolute Gasteiger partial charge is 0.453 e. The molecule has 0 spiro atoms. The summed E-state index contributed by atoms with van der Waals surface area (Å²) in [6, 6.07) is 8.97. The Bertz CT molecular complexity index is 409. The minimum absolute atomic E-state index is 0.212. The van der Waals surface area contributed by atoms with Crippen molar-refractivity contribution in [1.29, 1.82) is 0 Å². The molecule has 1 aromatic carbocycles. The van der Waals surface area contributed by atoms with Crippen LogP contribution in [0, 0.1) is 0 Å². The van der Waals surface area contributed by atoms with E-state index in [1.54, 1.807) is 12.1 Å². The van der Waals surface area contributed by atoms with Crippen molar-refractivity contribution in [3.63, 3.8) is 0 Å². The summed E-state index contributed by atoms with van der Waals surface area (Å²) in [6.45, 7) is -0.514. The van der Waals surface area contributed by atoms with Gasteiger partial charge < -0.3 is 9.52 Å². The summed E-state index contributed by atoms with van der Waals surface area (Å²) in [5.74, 6) is -0.181. The van der Waals surface area contributed by atoms with Crippen LogP contribution < -0.4 is 0 Å². The third kappa shape index (κ3) is 1.34. The van der Waals surface area contributed by atoms with Gasteiger partial charge in [-0.2, -0.15) is 0 Å². The van der Waals surface area contributed by atoms with Crippen LogP contribution in [-0.2, 0) is 0 Å². The van der Waals surface area contributed by atoms with Gasteiger partial charge in [-0.05, 0) is 12.1 Å². The second kappa shape index (κ2) is 3.03. The molecule has 1 aromatic heterocycles. The molecule has 1 heterocycles. The zero-order valence-electron chi connectivity index (χ0n) is 6.86. The quantitative estimate of drug-likeness (QED) is 0.707. The number of fused-ring (bicyclic) bond motifs is 1. The van der Waals surface area contributed by atoms with Crippen molar-refractivity contribution in [3.8, 4) is 0 Å². The number of ketones is 1. The molecule has 3 heteroatoms. The van der Waals surface area contributed by atoms with Crippen molar-refractivity contribution in [2.24, 2.45) is 0 Å². The lowest BCUT2D eigenvalue weighted by molar-refractivity contribution is 0.0878. The van der Waals surface area contributed by atoms with E-state index in [9.17, 15) is 4.79 Å². The third-order valence-electron chi connectivity index (χ3n) is 1.84. The van der Waals surface area contributed by atoms with Gasteiger partial charge in [-0.15, -0.1) is 0 Å². The number of hydrogen-bond acceptors (Lipinski definition) is 3. The summed E-state index contributed by atoms with van der Waals surface area (Å²) < 4.78 is 5.21. The van der Waals surface area contributed by atoms with Crippen molar-refractivity contribution < 1.29 is 14.3 Å². The zero-order valence-corrected chi connectivity index (χ0v) is 6.86. The number of furan rings is 1. The summed E-state index contributed by atoms with van der Waals surface area (Å²) in [5.41, 5.74) is 0.666. The highest BCUT2D eigenvalue weighted by Crippen LogP contribution is 2.18. The molecule has 1 N–H and O–H groups in total. The van der Waals surface area contributed by atoms with Gasteiger partial charge in [0.1, 0.15) is 12.2 Å². The van der Waals surface area contributed by atoms with Gasteiger partial charge in [-0.25, -0.2) is 0 Å². The minimum Gasteiger partial charge on any atom is -0.453 e. The predicted molar refractivity (Wildman–Crippen MR) is 47.6 cm³/mol. The number of rotatable bonds is 2. The van der Waals surface area contributed by atoms with Crippen LogP contribution in [-0.4, -0.2) is 17.5 Å². The van der Waals surface area contributed by atoms with E-state index >= 15 is 0 Å². The molecular weight excluding hydrogens is 168 g/mol. The van der Waals surface area contributed by atoms with Gasteiger partial charge in [-0.1, -0.05) is 18.2 Å². The maximum absolute atomic E-state index is 11.0. The van der Waals surface area contributed by atoms with E-state index in [2.05, 4.69) is 0 Å². The Labute approximate surface area is 74.6 Å². The van der Waals surface area contributed by atoms with Crippen LogP contribution in [0.2, 0.25) is 0 Å². The molecule has 66 valence electrons. The monoisotopic (exact) mass is 176 g/mol. The maximum atomic E-state index is 11.0. The van der Waals surface area contributed by atoms with Crippen LogP contribution in [0.3, 0.4) is 0 Å². The van der Waals surface area contributed by atoms with E-state index in [-0.39, 0.29) is 5.76 Å². The van der Waals surface area contributed by atoms with E-state index < -0.39 is 12.4 Å². The van der Waals surface area contributed by atoms with Crippen LogP contribution in [0.4, 0.5) is 0 Å². The summed E-state index contributed by atoms with van der Waals surface area (Å²) in [4.78, 5) is 11.0. The molecule has 0 saturated carbocycles. The molecule has 3 nitrogen and oxygen atoms in total. The van der Waals surface area contributed by atoms with Crippen LogP contribution >= 0.6 is 0 Å². The van der Waals surface area contributed by atoms with Crippen molar-refractivity contribution in [1.82, 2.24) is 0 Å². The number of para-hydroxylation sites is 1. The lowest BCUT2D eigenvalue weighted by Gasteiger charge is -1.87. The van der Waals surface area contributed by atoms with E-state index in [1.165, 1.54) is 0 Å². The number of Topliss-reactive ketones (excluding diaryl/α,β-unsaturated/α-hetero) is 1. The Morgan fingerprint density at radius 1 is 1.38 bits per heavy atom. The fraction of sp³-hybridized carbons (Fsp3) is 0.100. The first-order valence-electron chi connectivity index (χ1n) is 3.94. The number of carbonyl (C=O) groups excluding carboxylic acids is 1. The molecule has 13 heavy (non-hydrogen) atoms. The van der Waals surface area contributed by atoms with E-state index in [0.717, 1.165) is 5.39 Å². The second-order valence-corrected chi connectivity index (χ2v) is 2.73. The topological polar surface area (TPSA) is 50.4 Å². The molecule has 2 rings (SSSR count). The molecule has 0 saturated heterocycles. The highest BCUT2D eigenvalue weighted by molar-refractivity contribution is 5.98. The molecule has 0 aliphatic rings. The molecule has 0 bridgehead atoms. The third-order valence-corrected chi connectivity index (χ3v) is 1.84. The number of aliphatic hydroxyl groups excluding tert-OH is 1. The van der Waals surface area contributed by atoms with Crippen LogP contribution in [0.1, 0.15) is 10.6 Å². The summed E-state index contributed by atoms with van der Waals surface area (Å²) in [7, 11) is 0. The predicted octanol–water partition coefficient (Wildman–Crippen LogP) is 1.61. The lowest BCUT2D eigenvalue weighted by Crippen LogP contribution is -2.01. The number of benzene rings is 1. The van der Waals surface area contributed by atoms with Gasteiger partial charge in [0.15, 0.2) is 5.76 Å². The lowest BCUT2D eigenvalue weighted by atomic mass is 10.2. The molecule has 0 unspecified atom stereocenters. The molecule has 0 aliphatic heterocycles. The summed E-state index contributed by atoms with van der Waals surface area (Å²) in [5, 5.41) is 9.48. The van der Waals surface area contributed by atoms with Gasteiger partial charge in [0.2, 0.25) is 5.78 Å². The fourth-order valence-corrected chi connectivity index (χ4v) is 1.20. The Morgan fingerprint density at radius 3 is 2.85 bits per heavy atom. The van der Waals surface area contributed by atoms with Crippen LogP contribution in [0.5, 0.6) is 0 Å². The van der Waals surface area contributed by atoms with Crippen molar-refractivity contribution in [3.05, 3.63) is 36.1 Å². The first kappa shape index (κ1) is 8.01. The van der Waals surface area contributed by atoms with E-state index in [4.69, 9.17) is 9.52 Å². The first-order valence-corrected chi connectivity index (χ1v) is 3.94. The van der Waals surface area contributed by atoms with Crippen molar-refractivity contribution in [2.45, 2.75) is 0 Å². The number of hydrogen-bond donors (Lipinski definition) is 1. The highest BCUT2D eigenvalue weighted by Gasteiger charge is 2.09.